The first-order valence-electron chi connectivity index (χ1n) is 16.7. The molecule has 0 unspecified atom stereocenters. The quantitative estimate of drug-likeness (QED) is 0.0982. The van der Waals surface area contributed by atoms with E-state index in [1.807, 2.05) is 48.5 Å². The van der Waals surface area contributed by atoms with Crippen LogP contribution in [0.2, 0.25) is 0 Å². The third kappa shape index (κ3) is 4.93. The lowest BCUT2D eigenvalue weighted by Crippen LogP contribution is -2.28. The van der Waals surface area contributed by atoms with Crippen molar-refractivity contribution in [3.63, 3.8) is 0 Å². The van der Waals surface area contributed by atoms with Gasteiger partial charge in [0.1, 0.15) is 11.5 Å². The minimum Gasteiger partial charge on any atom is -0.423 e. The third-order valence-electron chi connectivity index (χ3n) is 10.0. The van der Waals surface area contributed by atoms with Crippen LogP contribution in [0.25, 0.3) is 11.1 Å². The monoisotopic (exact) mass is 696 g/mol. The number of Topliss-reactive ketones (excluding diaryl/α,β-unsaturated/α-hetero) is 2. The van der Waals surface area contributed by atoms with Crippen molar-refractivity contribution in [1.82, 2.24) is 0 Å². The molecule has 0 aromatic heterocycles. The van der Waals surface area contributed by atoms with Gasteiger partial charge in [0.25, 0.3) is 0 Å². The third-order valence-corrected chi connectivity index (χ3v) is 10.0. The van der Waals surface area contributed by atoms with E-state index in [2.05, 4.69) is 29.0 Å². The maximum Gasteiger partial charge on any atom is 0.346 e. The molecule has 0 N–H and O–H groups in total. The number of cyclic esters (lactones) is 2. The summed E-state index contributed by atoms with van der Waals surface area (Å²) in [5.41, 5.74) is 6.08. The molecule has 2 aliphatic carbocycles. The van der Waals surface area contributed by atoms with Crippen LogP contribution in [0, 0.1) is 0 Å². The molecule has 0 saturated heterocycles. The average Bonchev–Trinajstić information content (AvgIpc) is 3.76. The average molecular weight is 697 g/mol. The summed E-state index contributed by atoms with van der Waals surface area (Å²) < 4.78 is 16.0. The van der Waals surface area contributed by atoms with E-state index in [-0.39, 0.29) is 51.6 Å². The molecule has 254 valence electrons. The fourth-order valence-corrected chi connectivity index (χ4v) is 7.60. The van der Waals surface area contributed by atoms with Crippen LogP contribution in [0.4, 0.5) is 0 Å². The van der Waals surface area contributed by atoms with E-state index in [9.17, 15) is 28.8 Å². The summed E-state index contributed by atoms with van der Waals surface area (Å²) in [7, 11) is 0. The number of ether oxygens (including phenoxy) is 3. The van der Waals surface area contributed by atoms with Crippen molar-refractivity contribution < 1.29 is 43.0 Å². The highest BCUT2D eigenvalue weighted by molar-refractivity contribution is 6.24. The van der Waals surface area contributed by atoms with Gasteiger partial charge in [0, 0.05) is 11.1 Å². The zero-order chi connectivity index (χ0) is 36.4. The molecule has 9 rings (SSSR count). The van der Waals surface area contributed by atoms with Crippen molar-refractivity contribution >= 4 is 35.4 Å². The number of carbonyl (C=O) groups is 6. The van der Waals surface area contributed by atoms with Crippen LogP contribution in [-0.4, -0.2) is 35.4 Å². The van der Waals surface area contributed by atoms with Crippen molar-refractivity contribution in [1.29, 1.82) is 0 Å². The second kappa shape index (κ2) is 11.9. The predicted molar refractivity (Wildman–Crippen MR) is 190 cm³/mol. The SMILES string of the molecule is O=C(Oc1ccc(C2(c3ccc(OC(=O)c4ccc5c(c4)C(=O)OC5=O)cc3)c3ccccc3-c3ccccc32)cc1)c1ccc2c(c1)C(=O)CC2=O. The zero-order valence-corrected chi connectivity index (χ0v) is 27.6. The number of ketones is 2. The van der Waals surface area contributed by atoms with Crippen LogP contribution >= 0.6 is 0 Å². The molecule has 0 atom stereocenters. The zero-order valence-electron chi connectivity index (χ0n) is 27.6. The van der Waals surface area contributed by atoms with Gasteiger partial charge < -0.3 is 14.2 Å². The highest BCUT2D eigenvalue weighted by atomic mass is 16.6. The number of hydrogen-bond donors (Lipinski definition) is 0. The number of fused-ring (bicyclic) bond motifs is 5. The molecule has 0 bridgehead atoms. The second-order valence-corrected chi connectivity index (χ2v) is 12.9. The van der Waals surface area contributed by atoms with E-state index < -0.39 is 29.3 Å². The first-order valence-corrected chi connectivity index (χ1v) is 16.7. The van der Waals surface area contributed by atoms with E-state index in [1.54, 1.807) is 24.3 Å². The molecule has 0 fully saturated rings. The number of benzene rings is 6. The standard InChI is InChI=1S/C44H24O9/c45-38-23-39(46)34-21-24(9-19-32(34)38)40(47)51-28-15-11-26(12-16-28)44(36-7-3-1-5-30(36)31-6-2-4-8-37(31)44)27-13-17-29(18-14-27)52-41(48)25-10-20-33-35(22-25)43(50)53-42(33)49/h1-22H,23H2. The molecule has 1 heterocycles. The van der Waals surface area contributed by atoms with Crippen LogP contribution in [0.15, 0.2) is 133 Å². The lowest BCUT2D eigenvalue weighted by atomic mass is 9.68. The summed E-state index contributed by atoms with van der Waals surface area (Å²) in [6, 6.07) is 39.2. The van der Waals surface area contributed by atoms with E-state index in [1.165, 1.54) is 36.4 Å². The van der Waals surface area contributed by atoms with Crippen molar-refractivity contribution in [3.8, 4) is 22.6 Å². The van der Waals surface area contributed by atoms with E-state index in [0.29, 0.717) is 11.3 Å². The Morgan fingerprint density at radius 1 is 0.472 bits per heavy atom. The van der Waals surface area contributed by atoms with Crippen LogP contribution in [0.5, 0.6) is 11.5 Å². The fourth-order valence-electron chi connectivity index (χ4n) is 7.60. The van der Waals surface area contributed by atoms with Crippen LogP contribution in [0.3, 0.4) is 0 Å². The lowest BCUT2D eigenvalue weighted by Gasteiger charge is -2.34. The molecule has 0 spiro atoms. The predicted octanol–water partition coefficient (Wildman–Crippen LogP) is 7.57. The van der Waals surface area contributed by atoms with Crippen LogP contribution in [0.1, 0.15) is 90.8 Å². The van der Waals surface area contributed by atoms with Gasteiger partial charge in [-0.2, -0.15) is 0 Å². The highest BCUT2D eigenvalue weighted by Crippen LogP contribution is 2.56. The summed E-state index contributed by atoms with van der Waals surface area (Å²) in [6.45, 7) is 0. The molecular formula is C44H24O9. The summed E-state index contributed by atoms with van der Waals surface area (Å²) in [5, 5.41) is 0. The maximum absolute atomic E-state index is 13.1. The van der Waals surface area contributed by atoms with Crippen LogP contribution < -0.4 is 9.47 Å². The van der Waals surface area contributed by atoms with Crippen molar-refractivity contribution in [2.24, 2.45) is 0 Å². The van der Waals surface area contributed by atoms with E-state index in [0.717, 1.165) is 33.4 Å². The van der Waals surface area contributed by atoms with Gasteiger partial charge in [0.05, 0.1) is 34.1 Å². The number of rotatable bonds is 6. The van der Waals surface area contributed by atoms with Crippen molar-refractivity contribution in [2.75, 3.05) is 0 Å². The normalized spacial score (nSPS) is 14.6. The first-order chi connectivity index (χ1) is 25.7. The first kappa shape index (κ1) is 31.7. The molecular weight excluding hydrogens is 672 g/mol. The van der Waals surface area contributed by atoms with Crippen molar-refractivity contribution in [3.05, 3.63) is 189 Å². The second-order valence-electron chi connectivity index (χ2n) is 12.9. The Bertz CT molecular complexity index is 2430. The Hall–Kier alpha value is -7.26. The Kier molecular flexibility index (Phi) is 7.13. The molecule has 53 heavy (non-hydrogen) atoms. The fraction of sp³-hybridized carbons (Fsp3) is 0.0455. The van der Waals surface area contributed by atoms with Gasteiger partial charge in [0.15, 0.2) is 11.6 Å². The van der Waals surface area contributed by atoms with Gasteiger partial charge >= 0.3 is 23.9 Å². The molecule has 6 aromatic carbocycles. The molecule has 9 nitrogen and oxygen atoms in total. The number of esters is 4. The molecule has 6 aromatic rings. The minimum atomic E-state index is -0.812. The molecule has 1 aliphatic heterocycles. The largest absolute Gasteiger partial charge is 0.423 e. The number of carbonyl (C=O) groups excluding carboxylic acids is 6. The van der Waals surface area contributed by atoms with Gasteiger partial charge in [-0.15, -0.1) is 0 Å². The smallest absolute Gasteiger partial charge is 0.346 e. The topological polar surface area (TPSA) is 130 Å². The molecule has 9 heteroatoms. The Morgan fingerprint density at radius 3 is 1.47 bits per heavy atom. The molecule has 3 aliphatic rings. The van der Waals surface area contributed by atoms with E-state index in [4.69, 9.17) is 9.47 Å². The van der Waals surface area contributed by atoms with Gasteiger partial charge in [-0.05, 0) is 94.0 Å². The molecule has 0 saturated carbocycles. The molecule has 0 amide bonds. The van der Waals surface area contributed by atoms with Gasteiger partial charge in [-0.1, -0.05) is 72.8 Å². The Labute approximate surface area is 301 Å². The van der Waals surface area contributed by atoms with Gasteiger partial charge in [-0.25, -0.2) is 19.2 Å². The van der Waals surface area contributed by atoms with Crippen molar-refractivity contribution in [2.45, 2.75) is 11.8 Å². The molecule has 0 radical (unpaired) electrons. The summed E-state index contributed by atoms with van der Waals surface area (Å²) in [5.74, 6) is -2.94. The number of hydrogen-bond acceptors (Lipinski definition) is 9. The van der Waals surface area contributed by atoms with Crippen LogP contribution in [-0.2, 0) is 10.2 Å². The minimum absolute atomic E-state index is 0.0125. The Morgan fingerprint density at radius 2 is 0.925 bits per heavy atom. The highest BCUT2D eigenvalue weighted by Gasteiger charge is 2.46. The van der Waals surface area contributed by atoms with Gasteiger partial charge in [-0.3, -0.25) is 9.59 Å². The summed E-state index contributed by atoms with van der Waals surface area (Å²) in [6.07, 6.45) is -0.199. The lowest BCUT2D eigenvalue weighted by molar-refractivity contribution is 0.0442. The maximum atomic E-state index is 13.1. The summed E-state index contributed by atoms with van der Waals surface area (Å²) >= 11 is 0. The summed E-state index contributed by atoms with van der Waals surface area (Å²) in [4.78, 5) is 74.4. The van der Waals surface area contributed by atoms with E-state index >= 15 is 0 Å². The van der Waals surface area contributed by atoms with Gasteiger partial charge in [0.2, 0.25) is 0 Å². The Balaban J connectivity index is 1.06.